The summed E-state index contributed by atoms with van der Waals surface area (Å²) in [5.41, 5.74) is 1.86. The average molecular weight is 271 g/mol. The van der Waals surface area contributed by atoms with Crippen molar-refractivity contribution >= 4 is 17.5 Å². The molecule has 0 bridgehead atoms. The monoisotopic (exact) mass is 270 g/mol. The Labute approximate surface area is 112 Å². The number of rotatable bonds is 4. The zero-order valence-corrected chi connectivity index (χ0v) is 11.6. The van der Waals surface area contributed by atoms with Gasteiger partial charge < -0.3 is 10.2 Å². The summed E-state index contributed by atoms with van der Waals surface area (Å²) in [6, 6.07) is 0. The fourth-order valence-corrected chi connectivity index (χ4v) is 2.49. The first-order valence-corrected chi connectivity index (χ1v) is 6.77. The molecule has 6 heteroatoms. The topological polar surface area (TPSA) is 50.2 Å². The fraction of sp³-hybridized carbons (Fsp3) is 0.667. The van der Waals surface area contributed by atoms with E-state index in [0.29, 0.717) is 18.1 Å². The zero-order chi connectivity index (χ0) is 13.1. The summed E-state index contributed by atoms with van der Waals surface area (Å²) in [5, 5.41) is 8.25. The van der Waals surface area contributed by atoms with Crippen LogP contribution in [-0.4, -0.2) is 40.2 Å². The van der Waals surface area contributed by atoms with Crippen molar-refractivity contribution in [3.63, 3.8) is 0 Å². The molecule has 1 fully saturated rings. The molecule has 0 spiro atoms. The molecule has 0 saturated carbocycles. The zero-order valence-electron chi connectivity index (χ0n) is 10.9. The van der Waals surface area contributed by atoms with Crippen LogP contribution in [-0.2, 0) is 24.3 Å². The van der Waals surface area contributed by atoms with Crippen molar-refractivity contribution in [3.05, 3.63) is 16.4 Å². The summed E-state index contributed by atoms with van der Waals surface area (Å²) < 4.78 is 1.90. The number of carbonyl (C=O) groups excluding carboxylic acids is 1. The fourth-order valence-electron chi connectivity index (χ4n) is 2.16. The Balaban J connectivity index is 2.21. The highest BCUT2D eigenvalue weighted by molar-refractivity contribution is 6.31. The number of carbonyl (C=O) groups is 1. The van der Waals surface area contributed by atoms with E-state index in [4.69, 9.17) is 11.6 Å². The van der Waals surface area contributed by atoms with Gasteiger partial charge in [-0.3, -0.25) is 9.48 Å². The Morgan fingerprint density at radius 3 is 2.83 bits per heavy atom. The van der Waals surface area contributed by atoms with Crippen LogP contribution in [0.25, 0.3) is 0 Å². The van der Waals surface area contributed by atoms with Crippen molar-refractivity contribution in [3.8, 4) is 0 Å². The van der Waals surface area contributed by atoms with Gasteiger partial charge >= 0.3 is 0 Å². The van der Waals surface area contributed by atoms with Gasteiger partial charge in [-0.2, -0.15) is 5.10 Å². The van der Waals surface area contributed by atoms with Crippen molar-refractivity contribution in [2.75, 3.05) is 19.6 Å². The maximum Gasteiger partial charge on any atom is 0.236 e. The summed E-state index contributed by atoms with van der Waals surface area (Å²) in [6.07, 6.45) is 0.814. The van der Waals surface area contributed by atoms with Crippen LogP contribution in [0.15, 0.2) is 0 Å². The van der Waals surface area contributed by atoms with Crippen LogP contribution in [0.2, 0.25) is 5.02 Å². The minimum atomic E-state index is 0.124. The average Bonchev–Trinajstić information content (AvgIpc) is 2.69. The van der Waals surface area contributed by atoms with E-state index < -0.39 is 0 Å². The van der Waals surface area contributed by atoms with E-state index in [0.717, 1.165) is 37.4 Å². The minimum Gasteiger partial charge on any atom is -0.334 e. The maximum atomic E-state index is 11.8. The number of aryl methyl sites for hydroxylation is 2. The second-order valence-electron chi connectivity index (χ2n) is 4.37. The molecule has 0 radical (unpaired) electrons. The maximum absolute atomic E-state index is 11.8. The molecule has 0 unspecified atom stereocenters. The molecule has 2 heterocycles. The summed E-state index contributed by atoms with van der Waals surface area (Å²) in [4.78, 5) is 13.6. The lowest BCUT2D eigenvalue weighted by atomic mass is 10.2. The van der Waals surface area contributed by atoms with Crippen LogP contribution in [0.5, 0.6) is 0 Å². The number of hydrogen-bond acceptors (Lipinski definition) is 3. The lowest BCUT2D eigenvalue weighted by Gasteiger charge is -2.27. The van der Waals surface area contributed by atoms with E-state index in [1.165, 1.54) is 0 Å². The summed E-state index contributed by atoms with van der Waals surface area (Å²) in [5.74, 6) is 0.124. The number of amides is 1. The summed E-state index contributed by atoms with van der Waals surface area (Å²) in [7, 11) is 0. The number of piperazine rings is 1. The van der Waals surface area contributed by atoms with Gasteiger partial charge in [-0.05, 0) is 13.3 Å². The minimum absolute atomic E-state index is 0.124. The van der Waals surface area contributed by atoms with Crippen molar-refractivity contribution in [2.24, 2.45) is 0 Å². The highest BCUT2D eigenvalue weighted by atomic mass is 35.5. The molecule has 1 saturated heterocycles. The van der Waals surface area contributed by atoms with E-state index in [9.17, 15) is 4.79 Å². The molecular weight excluding hydrogens is 252 g/mol. The van der Waals surface area contributed by atoms with Crippen LogP contribution >= 0.6 is 11.6 Å². The molecule has 1 aliphatic heterocycles. The van der Waals surface area contributed by atoms with Gasteiger partial charge in [0.25, 0.3) is 0 Å². The van der Waals surface area contributed by atoms with Crippen LogP contribution in [0.3, 0.4) is 0 Å². The standard InChI is InChI=1S/C12H19ClN4O/c1-3-9-12(13)10(17(4-2)15-9)8-16-6-5-14-7-11(16)18/h14H,3-8H2,1-2H3. The van der Waals surface area contributed by atoms with Gasteiger partial charge in [0.2, 0.25) is 5.91 Å². The first kappa shape index (κ1) is 13.4. The number of halogens is 1. The first-order valence-electron chi connectivity index (χ1n) is 6.39. The van der Waals surface area contributed by atoms with Crippen molar-refractivity contribution < 1.29 is 4.79 Å². The smallest absolute Gasteiger partial charge is 0.236 e. The van der Waals surface area contributed by atoms with Gasteiger partial charge in [-0.15, -0.1) is 0 Å². The molecule has 1 N–H and O–H groups in total. The van der Waals surface area contributed by atoms with Crippen LogP contribution in [0.4, 0.5) is 0 Å². The normalized spacial score (nSPS) is 16.4. The lowest BCUT2D eigenvalue weighted by molar-refractivity contribution is -0.132. The Bertz CT molecular complexity index is 444. The van der Waals surface area contributed by atoms with Gasteiger partial charge in [0.15, 0.2) is 0 Å². The molecule has 2 rings (SSSR count). The Hall–Kier alpha value is -1.07. The van der Waals surface area contributed by atoms with Crippen LogP contribution in [0.1, 0.15) is 25.2 Å². The molecular formula is C12H19ClN4O. The van der Waals surface area contributed by atoms with Gasteiger partial charge in [0, 0.05) is 19.6 Å². The van der Waals surface area contributed by atoms with E-state index in [1.54, 1.807) is 0 Å². The Kier molecular flexibility index (Phi) is 4.24. The number of nitrogens with one attached hydrogen (secondary N) is 1. The molecule has 0 atom stereocenters. The molecule has 100 valence electrons. The Morgan fingerprint density at radius 2 is 2.22 bits per heavy atom. The van der Waals surface area contributed by atoms with Crippen molar-refractivity contribution in [1.29, 1.82) is 0 Å². The highest BCUT2D eigenvalue weighted by Gasteiger charge is 2.22. The second kappa shape index (κ2) is 5.71. The first-order chi connectivity index (χ1) is 8.67. The van der Waals surface area contributed by atoms with Crippen LogP contribution in [0, 0.1) is 0 Å². The van der Waals surface area contributed by atoms with E-state index >= 15 is 0 Å². The largest absolute Gasteiger partial charge is 0.334 e. The third kappa shape index (κ3) is 2.52. The van der Waals surface area contributed by atoms with E-state index in [-0.39, 0.29) is 5.91 Å². The highest BCUT2D eigenvalue weighted by Crippen LogP contribution is 2.23. The predicted molar refractivity (Wildman–Crippen MR) is 70.6 cm³/mol. The molecule has 18 heavy (non-hydrogen) atoms. The Morgan fingerprint density at radius 1 is 1.44 bits per heavy atom. The number of nitrogens with zero attached hydrogens (tertiary/aromatic N) is 3. The third-order valence-electron chi connectivity index (χ3n) is 3.22. The number of hydrogen-bond donors (Lipinski definition) is 1. The van der Waals surface area contributed by atoms with Gasteiger partial charge in [0.05, 0.1) is 29.5 Å². The number of aromatic nitrogens is 2. The SMILES string of the molecule is CCc1nn(CC)c(CN2CCNCC2=O)c1Cl. The molecule has 1 aromatic rings. The second-order valence-corrected chi connectivity index (χ2v) is 4.75. The predicted octanol–water partition coefficient (Wildman–Crippen LogP) is 1.05. The van der Waals surface area contributed by atoms with E-state index in [1.807, 2.05) is 23.4 Å². The van der Waals surface area contributed by atoms with Gasteiger partial charge in [-0.1, -0.05) is 18.5 Å². The molecule has 5 nitrogen and oxygen atoms in total. The quantitative estimate of drug-likeness (QED) is 0.890. The van der Waals surface area contributed by atoms with Gasteiger partial charge in [0.1, 0.15) is 0 Å². The van der Waals surface area contributed by atoms with Crippen LogP contribution < -0.4 is 5.32 Å². The molecule has 1 amide bonds. The van der Waals surface area contributed by atoms with Crippen molar-refractivity contribution in [1.82, 2.24) is 20.0 Å². The lowest BCUT2D eigenvalue weighted by Crippen LogP contribution is -2.47. The third-order valence-corrected chi connectivity index (χ3v) is 3.66. The molecule has 0 aromatic carbocycles. The summed E-state index contributed by atoms with van der Waals surface area (Å²) >= 11 is 6.34. The molecule has 0 aliphatic carbocycles. The molecule has 1 aromatic heterocycles. The van der Waals surface area contributed by atoms with E-state index in [2.05, 4.69) is 10.4 Å². The van der Waals surface area contributed by atoms with Gasteiger partial charge in [-0.25, -0.2) is 0 Å². The van der Waals surface area contributed by atoms with Crippen molar-refractivity contribution in [2.45, 2.75) is 33.4 Å². The summed E-state index contributed by atoms with van der Waals surface area (Å²) in [6.45, 7) is 7.38. The molecule has 1 aliphatic rings.